The highest BCUT2D eigenvalue weighted by atomic mass is 16.5. The summed E-state index contributed by atoms with van der Waals surface area (Å²) in [6, 6.07) is 12.5. The van der Waals surface area contributed by atoms with Crippen molar-refractivity contribution < 1.29 is 28.6 Å². The van der Waals surface area contributed by atoms with Gasteiger partial charge in [0.2, 0.25) is 11.7 Å². The number of amides is 1. The van der Waals surface area contributed by atoms with E-state index in [1.54, 1.807) is 17.0 Å². The van der Waals surface area contributed by atoms with E-state index in [1.165, 1.54) is 20.3 Å². The number of ether oxygens (including phenoxy) is 3. The van der Waals surface area contributed by atoms with Crippen LogP contribution in [-0.4, -0.2) is 45.0 Å². The summed E-state index contributed by atoms with van der Waals surface area (Å²) in [5.74, 6) is -0.833. The number of esters is 1. The van der Waals surface area contributed by atoms with Crippen LogP contribution in [-0.2, 0) is 20.7 Å². The molecule has 2 aromatic carbocycles. The van der Waals surface area contributed by atoms with Crippen LogP contribution < -0.4 is 14.4 Å². The molecule has 1 heterocycles. The molecular formula is C23H25NO6. The van der Waals surface area contributed by atoms with Gasteiger partial charge in [0.25, 0.3) is 0 Å². The number of aryl methyl sites for hydroxylation is 1. The van der Waals surface area contributed by atoms with Crippen LogP contribution in [0.5, 0.6) is 11.5 Å². The second-order valence-corrected chi connectivity index (χ2v) is 6.98. The number of rotatable bonds is 8. The fourth-order valence-electron chi connectivity index (χ4n) is 3.54. The molecule has 3 rings (SSSR count). The van der Waals surface area contributed by atoms with Gasteiger partial charge in [-0.2, -0.15) is 0 Å². The van der Waals surface area contributed by atoms with Crippen molar-refractivity contribution in [3.05, 3.63) is 53.6 Å². The molecule has 1 saturated heterocycles. The number of methoxy groups -OCH3 is 2. The van der Waals surface area contributed by atoms with Gasteiger partial charge in [-0.05, 0) is 36.2 Å². The number of anilines is 1. The lowest BCUT2D eigenvalue weighted by molar-refractivity contribution is -0.147. The Hall–Kier alpha value is -3.35. The minimum atomic E-state index is -0.609. The predicted molar refractivity (Wildman–Crippen MR) is 111 cm³/mol. The lowest BCUT2D eigenvalue weighted by Gasteiger charge is -2.19. The minimum Gasteiger partial charge on any atom is -0.497 e. The van der Waals surface area contributed by atoms with Crippen molar-refractivity contribution in [3.63, 3.8) is 0 Å². The van der Waals surface area contributed by atoms with E-state index >= 15 is 0 Å². The Balaban J connectivity index is 1.65. The summed E-state index contributed by atoms with van der Waals surface area (Å²) in [4.78, 5) is 39.2. The zero-order chi connectivity index (χ0) is 21.7. The van der Waals surface area contributed by atoms with Crippen LogP contribution in [0.25, 0.3) is 0 Å². The molecule has 1 aliphatic heterocycles. The van der Waals surface area contributed by atoms with Crippen molar-refractivity contribution in [3.8, 4) is 11.5 Å². The van der Waals surface area contributed by atoms with E-state index in [9.17, 15) is 14.4 Å². The number of benzene rings is 2. The molecule has 0 saturated carbocycles. The van der Waals surface area contributed by atoms with Crippen molar-refractivity contribution in [2.45, 2.75) is 19.8 Å². The van der Waals surface area contributed by atoms with E-state index in [2.05, 4.69) is 0 Å². The molecule has 1 aliphatic rings. The van der Waals surface area contributed by atoms with Gasteiger partial charge >= 0.3 is 5.97 Å². The Morgan fingerprint density at radius 3 is 2.57 bits per heavy atom. The van der Waals surface area contributed by atoms with Crippen LogP contribution in [0.2, 0.25) is 0 Å². The molecular weight excluding hydrogens is 386 g/mol. The predicted octanol–water partition coefficient (Wildman–Crippen LogP) is 3.05. The maximum absolute atomic E-state index is 12.6. The average Bonchev–Trinajstić information content (AvgIpc) is 3.18. The van der Waals surface area contributed by atoms with Gasteiger partial charge in [0.05, 0.1) is 25.7 Å². The first-order valence-electron chi connectivity index (χ1n) is 9.78. The van der Waals surface area contributed by atoms with Gasteiger partial charge in [-0.1, -0.05) is 25.1 Å². The molecule has 1 fully saturated rings. The molecule has 0 aliphatic carbocycles. The second kappa shape index (κ2) is 9.43. The van der Waals surface area contributed by atoms with Gasteiger partial charge in [-0.3, -0.25) is 14.4 Å². The van der Waals surface area contributed by atoms with E-state index in [0.717, 1.165) is 17.7 Å². The number of Topliss-reactive ketones (excluding diaryl/α,β-unsaturated/α-hetero) is 1. The van der Waals surface area contributed by atoms with Crippen LogP contribution in [0, 0.1) is 5.92 Å². The van der Waals surface area contributed by atoms with Gasteiger partial charge < -0.3 is 19.1 Å². The fourth-order valence-corrected chi connectivity index (χ4v) is 3.54. The fraction of sp³-hybridized carbons (Fsp3) is 0.348. The lowest BCUT2D eigenvalue weighted by Crippen LogP contribution is -2.28. The molecule has 1 atom stereocenters. The van der Waals surface area contributed by atoms with Gasteiger partial charge in [0.15, 0.2) is 6.61 Å². The van der Waals surface area contributed by atoms with E-state index < -0.39 is 24.3 Å². The Morgan fingerprint density at radius 2 is 1.87 bits per heavy atom. The molecule has 30 heavy (non-hydrogen) atoms. The molecule has 158 valence electrons. The third-order valence-electron chi connectivity index (χ3n) is 5.17. The molecule has 0 bridgehead atoms. The molecule has 0 aromatic heterocycles. The number of nitrogens with zero attached hydrogens (tertiary/aromatic N) is 1. The SMILES string of the molecule is CCc1ccccc1N1C[C@@H](C(=O)OCC(=O)c2cc(OC)ccc2OC)CC1=O. The van der Waals surface area contributed by atoms with E-state index in [-0.39, 0.29) is 24.4 Å². The number of ketones is 1. The molecule has 0 unspecified atom stereocenters. The van der Waals surface area contributed by atoms with Gasteiger partial charge in [-0.15, -0.1) is 0 Å². The number of para-hydroxylation sites is 1. The van der Waals surface area contributed by atoms with Crippen molar-refractivity contribution in [1.29, 1.82) is 0 Å². The van der Waals surface area contributed by atoms with Crippen LogP contribution in [0.15, 0.2) is 42.5 Å². The quantitative estimate of drug-likeness (QED) is 0.491. The standard InChI is InChI=1S/C23H25NO6/c1-4-15-7-5-6-8-19(15)24-13-16(11-22(24)26)23(27)30-14-20(25)18-12-17(28-2)9-10-21(18)29-3/h5-10,12,16H,4,11,13-14H2,1-3H3/t16-/m0/s1. The molecule has 0 radical (unpaired) electrons. The number of carbonyl (C=O) groups is 3. The van der Waals surface area contributed by atoms with Crippen molar-refractivity contribution in [1.82, 2.24) is 0 Å². The first kappa shape index (κ1) is 21.4. The molecule has 0 N–H and O–H groups in total. The van der Waals surface area contributed by atoms with Crippen LogP contribution in [0.1, 0.15) is 29.3 Å². The molecule has 0 spiro atoms. The largest absolute Gasteiger partial charge is 0.497 e. The highest BCUT2D eigenvalue weighted by Crippen LogP contribution is 2.29. The Morgan fingerprint density at radius 1 is 1.10 bits per heavy atom. The number of carbonyl (C=O) groups excluding carboxylic acids is 3. The van der Waals surface area contributed by atoms with E-state index in [4.69, 9.17) is 14.2 Å². The molecule has 7 heteroatoms. The van der Waals surface area contributed by atoms with E-state index in [0.29, 0.717) is 11.5 Å². The molecule has 1 amide bonds. The Bertz CT molecular complexity index is 954. The Kier molecular flexibility index (Phi) is 6.72. The number of hydrogen-bond acceptors (Lipinski definition) is 6. The maximum Gasteiger partial charge on any atom is 0.311 e. The van der Waals surface area contributed by atoms with Crippen molar-refractivity contribution in [2.24, 2.45) is 5.92 Å². The zero-order valence-corrected chi connectivity index (χ0v) is 17.3. The summed E-state index contributed by atoms with van der Waals surface area (Å²) in [6.07, 6.45) is 0.847. The van der Waals surface area contributed by atoms with Crippen LogP contribution in [0.3, 0.4) is 0 Å². The van der Waals surface area contributed by atoms with Gasteiger partial charge in [-0.25, -0.2) is 0 Å². The summed E-state index contributed by atoms with van der Waals surface area (Å²) in [5, 5.41) is 0. The van der Waals surface area contributed by atoms with Gasteiger partial charge in [0.1, 0.15) is 11.5 Å². The first-order chi connectivity index (χ1) is 14.5. The molecule has 7 nitrogen and oxygen atoms in total. The highest BCUT2D eigenvalue weighted by molar-refractivity contribution is 6.02. The summed E-state index contributed by atoms with van der Waals surface area (Å²) >= 11 is 0. The highest BCUT2D eigenvalue weighted by Gasteiger charge is 2.37. The minimum absolute atomic E-state index is 0.0630. The van der Waals surface area contributed by atoms with Crippen LogP contribution >= 0.6 is 0 Å². The topological polar surface area (TPSA) is 82.1 Å². The summed E-state index contributed by atoms with van der Waals surface area (Å²) in [7, 11) is 2.95. The smallest absolute Gasteiger partial charge is 0.311 e. The van der Waals surface area contributed by atoms with Crippen LogP contribution in [0.4, 0.5) is 5.69 Å². The maximum atomic E-state index is 12.6. The zero-order valence-electron chi connectivity index (χ0n) is 17.3. The summed E-state index contributed by atoms with van der Waals surface area (Å²) in [6.45, 7) is 1.83. The third kappa shape index (κ3) is 4.45. The monoisotopic (exact) mass is 411 g/mol. The van der Waals surface area contributed by atoms with Gasteiger partial charge in [0, 0.05) is 18.7 Å². The second-order valence-electron chi connectivity index (χ2n) is 6.98. The number of hydrogen-bond donors (Lipinski definition) is 0. The van der Waals surface area contributed by atoms with Crippen molar-refractivity contribution >= 4 is 23.3 Å². The lowest BCUT2D eigenvalue weighted by atomic mass is 10.1. The normalized spacial score (nSPS) is 15.8. The summed E-state index contributed by atoms with van der Waals surface area (Å²) < 4.78 is 15.6. The third-order valence-corrected chi connectivity index (χ3v) is 5.17. The summed E-state index contributed by atoms with van der Waals surface area (Å²) in [5.41, 5.74) is 2.13. The van der Waals surface area contributed by atoms with E-state index in [1.807, 2.05) is 31.2 Å². The van der Waals surface area contributed by atoms with Crippen molar-refractivity contribution in [2.75, 3.05) is 32.3 Å². The average molecular weight is 411 g/mol. The molecule has 2 aromatic rings. The Labute approximate surface area is 175 Å². The first-order valence-corrected chi connectivity index (χ1v) is 9.78.